The van der Waals surface area contributed by atoms with Crippen LogP contribution in [0.2, 0.25) is 0 Å². The first-order chi connectivity index (χ1) is 9.00. The fourth-order valence-electron chi connectivity index (χ4n) is 2.00. The van der Waals surface area contributed by atoms with E-state index in [-0.39, 0.29) is 11.4 Å². The molecule has 7 heteroatoms. The van der Waals surface area contributed by atoms with Crippen molar-refractivity contribution < 1.29 is 4.79 Å². The Balaban J connectivity index is 2.18. The molecule has 3 N–H and O–H groups in total. The third-order valence-electron chi connectivity index (χ3n) is 2.85. The van der Waals surface area contributed by atoms with E-state index in [1.807, 2.05) is 11.7 Å². The molecule has 2 rings (SSSR count). The van der Waals surface area contributed by atoms with Crippen molar-refractivity contribution in [1.29, 1.82) is 0 Å². The Morgan fingerprint density at radius 3 is 3.11 bits per heavy atom. The highest BCUT2D eigenvalue weighted by molar-refractivity contribution is 8.00. The highest BCUT2D eigenvalue weighted by Gasteiger charge is 2.47. The number of thiazole rings is 1. The summed E-state index contributed by atoms with van der Waals surface area (Å²) in [5.41, 5.74) is 1.62. The van der Waals surface area contributed by atoms with Gasteiger partial charge in [0.2, 0.25) is 5.91 Å². The number of rotatable bonds is 5. The van der Waals surface area contributed by atoms with Crippen LogP contribution in [0.5, 0.6) is 0 Å². The third kappa shape index (κ3) is 3.17. The second-order valence-electron chi connectivity index (χ2n) is 4.64. The van der Waals surface area contributed by atoms with E-state index < -0.39 is 5.12 Å². The minimum absolute atomic E-state index is 0.0786. The van der Waals surface area contributed by atoms with E-state index in [4.69, 9.17) is 0 Å². The number of carbonyl (C=O) groups is 1. The topological polar surface area (TPSA) is 66.0 Å². The molecule has 1 amide bonds. The van der Waals surface area contributed by atoms with Crippen LogP contribution in [-0.2, 0) is 10.3 Å². The number of nitrogens with one attached hydrogen (secondary N) is 3. The quantitative estimate of drug-likeness (QED) is 0.563. The van der Waals surface area contributed by atoms with Crippen LogP contribution in [0.1, 0.15) is 18.7 Å². The fourth-order valence-corrected chi connectivity index (χ4v) is 4.27. The largest absolute Gasteiger partial charge is 0.317 e. The van der Waals surface area contributed by atoms with E-state index in [0.29, 0.717) is 6.54 Å². The lowest BCUT2D eigenvalue weighted by molar-refractivity contribution is -0.120. The van der Waals surface area contributed by atoms with Gasteiger partial charge in [0, 0.05) is 30.3 Å². The van der Waals surface area contributed by atoms with Crippen LogP contribution in [0.15, 0.2) is 24.4 Å². The van der Waals surface area contributed by atoms with Gasteiger partial charge in [-0.05, 0) is 6.92 Å². The Morgan fingerprint density at radius 1 is 1.74 bits per heavy atom. The van der Waals surface area contributed by atoms with E-state index in [0.717, 1.165) is 10.6 Å². The van der Waals surface area contributed by atoms with E-state index in [1.54, 1.807) is 29.2 Å². The van der Waals surface area contributed by atoms with Crippen molar-refractivity contribution in [1.82, 2.24) is 20.9 Å². The van der Waals surface area contributed by atoms with Gasteiger partial charge in [-0.25, -0.2) is 0 Å². The van der Waals surface area contributed by atoms with Gasteiger partial charge in [-0.15, -0.1) is 17.9 Å². The number of aromatic nitrogens is 1. The van der Waals surface area contributed by atoms with Crippen LogP contribution in [0.4, 0.5) is 0 Å². The van der Waals surface area contributed by atoms with Crippen molar-refractivity contribution in [3.05, 3.63) is 29.2 Å². The summed E-state index contributed by atoms with van der Waals surface area (Å²) in [6, 6.07) is 0. The first-order valence-corrected chi connectivity index (χ1v) is 7.83. The molecule has 1 aliphatic rings. The van der Waals surface area contributed by atoms with Crippen molar-refractivity contribution in [2.24, 2.45) is 0 Å². The number of carbonyl (C=O) groups excluding carboxylic acids is 1. The van der Waals surface area contributed by atoms with Gasteiger partial charge in [0.1, 0.15) is 0 Å². The number of thioether (sulfide) groups is 1. The molecular weight excluding hydrogens is 280 g/mol. The van der Waals surface area contributed by atoms with Crippen LogP contribution in [0, 0.1) is 0 Å². The predicted molar refractivity (Wildman–Crippen MR) is 79.8 cm³/mol. The van der Waals surface area contributed by atoms with E-state index in [2.05, 4.69) is 34.4 Å². The third-order valence-corrected chi connectivity index (χ3v) is 5.39. The summed E-state index contributed by atoms with van der Waals surface area (Å²) < 4.78 is 0. The van der Waals surface area contributed by atoms with Crippen molar-refractivity contribution in [3.8, 4) is 0 Å². The van der Waals surface area contributed by atoms with Gasteiger partial charge in [0.05, 0.1) is 11.0 Å². The lowest BCUT2D eigenvalue weighted by Crippen LogP contribution is -2.65. The summed E-state index contributed by atoms with van der Waals surface area (Å²) in [5.74, 6) is 0.768. The van der Waals surface area contributed by atoms with E-state index in [1.165, 1.54) is 6.92 Å². The van der Waals surface area contributed by atoms with Gasteiger partial charge in [0.15, 0.2) is 5.12 Å². The maximum atomic E-state index is 11.4. The minimum atomic E-state index is -0.654. The van der Waals surface area contributed by atoms with Crippen LogP contribution in [0.25, 0.3) is 0 Å². The molecule has 104 valence electrons. The Labute approximate surface area is 121 Å². The Kier molecular flexibility index (Phi) is 4.29. The zero-order valence-electron chi connectivity index (χ0n) is 11.0. The van der Waals surface area contributed by atoms with Gasteiger partial charge < -0.3 is 5.32 Å². The lowest BCUT2D eigenvalue weighted by Gasteiger charge is -2.33. The second-order valence-corrected chi connectivity index (χ2v) is 6.72. The smallest absolute Gasteiger partial charge is 0.219 e. The first-order valence-electron chi connectivity index (χ1n) is 5.97. The van der Waals surface area contributed by atoms with Gasteiger partial charge in [-0.2, -0.15) is 0 Å². The molecule has 2 unspecified atom stereocenters. The summed E-state index contributed by atoms with van der Waals surface area (Å²) in [6.07, 6.45) is 3.64. The zero-order chi connectivity index (χ0) is 13.9. The fraction of sp³-hybridized carbons (Fsp3) is 0.500. The molecule has 19 heavy (non-hydrogen) atoms. The summed E-state index contributed by atoms with van der Waals surface area (Å²) in [4.78, 5) is 16.7. The number of nitrogens with zero attached hydrogens (tertiary/aromatic N) is 1. The van der Waals surface area contributed by atoms with Crippen LogP contribution < -0.4 is 16.0 Å². The maximum Gasteiger partial charge on any atom is 0.219 e. The molecule has 2 heterocycles. The maximum absolute atomic E-state index is 11.4. The molecule has 5 nitrogen and oxygen atoms in total. The van der Waals surface area contributed by atoms with Crippen molar-refractivity contribution in [2.75, 3.05) is 12.3 Å². The van der Waals surface area contributed by atoms with Crippen LogP contribution in [0.3, 0.4) is 0 Å². The number of hydrogen-bond donors (Lipinski definition) is 3. The Bertz CT molecular complexity index is 464. The molecule has 0 spiro atoms. The molecule has 2 atom stereocenters. The Morgan fingerprint density at radius 2 is 2.53 bits per heavy atom. The summed E-state index contributed by atoms with van der Waals surface area (Å²) in [5, 5.41) is 9.06. The van der Waals surface area contributed by atoms with Crippen LogP contribution in [-0.4, -0.2) is 28.3 Å². The molecule has 0 aliphatic carbocycles. The predicted octanol–water partition coefficient (Wildman–Crippen LogP) is 1.22. The highest BCUT2D eigenvalue weighted by Crippen LogP contribution is 2.39. The first kappa shape index (κ1) is 14.5. The Hall–Kier alpha value is -0.890. The molecule has 1 aliphatic heterocycles. The summed E-state index contributed by atoms with van der Waals surface area (Å²) >= 11 is 3.26. The molecule has 0 saturated carbocycles. The molecular formula is C12H18N4OS2. The minimum Gasteiger partial charge on any atom is -0.317 e. The van der Waals surface area contributed by atoms with E-state index in [9.17, 15) is 4.79 Å². The molecule has 0 bridgehead atoms. The van der Waals surface area contributed by atoms with Gasteiger partial charge in [-0.1, -0.05) is 17.8 Å². The zero-order valence-corrected chi connectivity index (χ0v) is 12.7. The van der Waals surface area contributed by atoms with Gasteiger partial charge in [0.25, 0.3) is 0 Å². The SMILES string of the molecule is C=CCNC1(NC(C)=O)NC(C)(c2cncs2)CS1. The monoisotopic (exact) mass is 298 g/mol. The second kappa shape index (κ2) is 5.62. The normalized spacial score (nSPS) is 30.2. The van der Waals surface area contributed by atoms with Gasteiger partial charge >= 0.3 is 0 Å². The average molecular weight is 298 g/mol. The van der Waals surface area contributed by atoms with Crippen molar-refractivity contribution in [2.45, 2.75) is 24.5 Å². The molecule has 1 aromatic rings. The van der Waals surface area contributed by atoms with Gasteiger partial charge in [-0.3, -0.25) is 20.4 Å². The van der Waals surface area contributed by atoms with Crippen molar-refractivity contribution >= 4 is 29.0 Å². The summed E-state index contributed by atoms with van der Waals surface area (Å²) in [6.45, 7) is 7.94. The average Bonchev–Trinajstić information content (AvgIpc) is 2.96. The molecule has 1 fully saturated rings. The van der Waals surface area contributed by atoms with Crippen LogP contribution >= 0.6 is 23.1 Å². The number of hydrogen-bond acceptors (Lipinski definition) is 6. The molecule has 0 radical (unpaired) electrons. The highest BCUT2D eigenvalue weighted by atomic mass is 32.2. The molecule has 1 saturated heterocycles. The van der Waals surface area contributed by atoms with Crippen molar-refractivity contribution in [3.63, 3.8) is 0 Å². The standard InChI is InChI=1S/C12H18N4OS2/c1-4-5-14-12(15-9(2)17)16-11(3,7-19-12)10-6-13-8-18-10/h4,6,8,14,16H,1,5,7H2,2-3H3,(H,15,17). The summed E-state index contributed by atoms with van der Waals surface area (Å²) in [7, 11) is 0. The molecule has 1 aromatic heterocycles. The van der Waals surface area contributed by atoms with E-state index >= 15 is 0 Å². The number of amides is 1. The lowest BCUT2D eigenvalue weighted by atomic mass is 10.0. The molecule has 0 aromatic carbocycles.